The molecule has 0 unspecified atom stereocenters. The predicted octanol–water partition coefficient (Wildman–Crippen LogP) is 2.97. The quantitative estimate of drug-likeness (QED) is 0.798. The van der Waals surface area contributed by atoms with Crippen LogP contribution in [-0.4, -0.2) is 15.0 Å². The average molecular weight is 276 g/mol. The lowest BCUT2D eigenvalue weighted by Gasteiger charge is -2.08. The lowest BCUT2D eigenvalue weighted by atomic mass is 10.1. The highest BCUT2D eigenvalue weighted by Crippen LogP contribution is 2.23. The first-order valence-corrected chi connectivity index (χ1v) is 6.83. The molecule has 0 atom stereocenters. The van der Waals surface area contributed by atoms with Gasteiger partial charge >= 0.3 is 0 Å². The van der Waals surface area contributed by atoms with Crippen molar-refractivity contribution in [2.24, 2.45) is 5.73 Å². The molecular formula is C17H16N4. The minimum absolute atomic E-state index is 0.376. The highest BCUT2D eigenvalue weighted by atomic mass is 14.9. The number of pyridine rings is 1. The second-order valence-corrected chi connectivity index (χ2v) is 4.80. The summed E-state index contributed by atoms with van der Waals surface area (Å²) >= 11 is 0. The van der Waals surface area contributed by atoms with Crippen LogP contribution >= 0.6 is 0 Å². The van der Waals surface area contributed by atoms with Gasteiger partial charge in [-0.25, -0.2) is 9.97 Å². The molecule has 0 amide bonds. The summed E-state index contributed by atoms with van der Waals surface area (Å²) < 4.78 is 0. The second kappa shape index (κ2) is 5.81. The van der Waals surface area contributed by atoms with Crippen molar-refractivity contribution < 1.29 is 0 Å². The third-order valence-electron chi connectivity index (χ3n) is 3.30. The molecule has 21 heavy (non-hydrogen) atoms. The molecule has 0 fully saturated rings. The number of aryl methyl sites for hydroxylation is 1. The van der Waals surface area contributed by atoms with E-state index in [-0.39, 0.29) is 0 Å². The molecule has 3 aromatic rings. The lowest BCUT2D eigenvalue weighted by molar-refractivity contribution is 0.969. The van der Waals surface area contributed by atoms with Crippen LogP contribution in [0.2, 0.25) is 0 Å². The van der Waals surface area contributed by atoms with Crippen LogP contribution in [0.5, 0.6) is 0 Å². The molecule has 0 aliphatic rings. The highest BCUT2D eigenvalue weighted by Gasteiger charge is 2.10. The van der Waals surface area contributed by atoms with Crippen LogP contribution in [0.3, 0.4) is 0 Å². The van der Waals surface area contributed by atoms with Crippen molar-refractivity contribution >= 4 is 0 Å². The van der Waals surface area contributed by atoms with Gasteiger partial charge in [-0.1, -0.05) is 30.3 Å². The molecule has 0 saturated heterocycles. The van der Waals surface area contributed by atoms with Gasteiger partial charge in [-0.3, -0.25) is 4.98 Å². The molecule has 0 spiro atoms. The van der Waals surface area contributed by atoms with Crippen molar-refractivity contribution in [3.05, 3.63) is 66.0 Å². The Bertz CT molecular complexity index is 754. The van der Waals surface area contributed by atoms with Crippen molar-refractivity contribution in [1.82, 2.24) is 15.0 Å². The van der Waals surface area contributed by atoms with Gasteiger partial charge in [-0.05, 0) is 30.7 Å². The monoisotopic (exact) mass is 276 g/mol. The van der Waals surface area contributed by atoms with E-state index in [1.54, 1.807) is 6.20 Å². The molecule has 2 heterocycles. The summed E-state index contributed by atoms with van der Waals surface area (Å²) in [7, 11) is 0. The highest BCUT2D eigenvalue weighted by molar-refractivity contribution is 5.64. The van der Waals surface area contributed by atoms with Crippen molar-refractivity contribution in [3.8, 4) is 22.8 Å². The molecule has 1 aromatic carbocycles. The predicted molar refractivity (Wildman–Crippen MR) is 83.3 cm³/mol. The van der Waals surface area contributed by atoms with Gasteiger partial charge in [-0.2, -0.15) is 0 Å². The average Bonchev–Trinajstić information content (AvgIpc) is 2.55. The fourth-order valence-electron chi connectivity index (χ4n) is 2.19. The van der Waals surface area contributed by atoms with Crippen LogP contribution in [0.1, 0.15) is 11.3 Å². The van der Waals surface area contributed by atoms with Crippen LogP contribution in [-0.2, 0) is 6.54 Å². The van der Waals surface area contributed by atoms with E-state index in [0.29, 0.717) is 12.4 Å². The summed E-state index contributed by atoms with van der Waals surface area (Å²) in [6, 6.07) is 15.7. The maximum Gasteiger partial charge on any atom is 0.160 e. The fraction of sp³-hybridized carbons (Fsp3) is 0.118. The van der Waals surface area contributed by atoms with E-state index in [0.717, 1.165) is 28.2 Å². The van der Waals surface area contributed by atoms with Crippen LogP contribution in [0.15, 0.2) is 54.7 Å². The number of hydrogen-bond donors (Lipinski definition) is 1. The van der Waals surface area contributed by atoms with Gasteiger partial charge < -0.3 is 5.73 Å². The van der Waals surface area contributed by atoms with E-state index in [9.17, 15) is 0 Å². The number of rotatable bonds is 3. The van der Waals surface area contributed by atoms with Crippen molar-refractivity contribution in [2.45, 2.75) is 13.5 Å². The first-order chi connectivity index (χ1) is 10.3. The summed E-state index contributed by atoms with van der Waals surface area (Å²) in [6.07, 6.45) is 1.76. The first kappa shape index (κ1) is 13.4. The Labute approximate surface area is 123 Å². The molecular weight excluding hydrogens is 260 g/mol. The first-order valence-electron chi connectivity index (χ1n) is 6.83. The van der Waals surface area contributed by atoms with E-state index < -0.39 is 0 Å². The molecule has 4 nitrogen and oxygen atoms in total. The lowest BCUT2D eigenvalue weighted by Crippen LogP contribution is -2.04. The zero-order chi connectivity index (χ0) is 14.7. The van der Waals surface area contributed by atoms with Crippen molar-refractivity contribution in [1.29, 1.82) is 0 Å². The Kier molecular flexibility index (Phi) is 3.71. The maximum absolute atomic E-state index is 5.77. The summed E-state index contributed by atoms with van der Waals surface area (Å²) in [6.45, 7) is 2.43. The van der Waals surface area contributed by atoms with Gasteiger partial charge in [0.15, 0.2) is 5.82 Å². The Balaban J connectivity index is 2.17. The fourth-order valence-corrected chi connectivity index (χ4v) is 2.19. The SMILES string of the molecule is Cc1ccccc1-c1nc(CN)cc(-c2ccccn2)n1. The smallest absolute Gasteiger partial charge is 0.160 e. The van der Waals surface area contributed by atoms with Crippen LogP contribution < -0.4 is 5.73 Å². The zero-order valence-electron chi connectivity index (χ0n) is 11.8. The van der Waals surface area contributed by atoms with E-state index in [2.05, 4.69) is 15.0 Å². The third-order valence-corrected chi connectivity index (χ3v) is 3.30. The number of aromatic nitrogens is 3. The van der Waals surface area contributed by atoms with Gasteiger partial charge in [0.1, 0.15) is 0 Å². The molecule has 4 heteroatoms. The van der Waals surface area contributed by atoms with Crippen LogP contribution in [0.25, 0.3) is 22.8 Å². The van der Waals surface area contributed by atoms with Gasteiger partial charge in [0.05, 0.1) is 17.1 Å². The van der Waals surface area contributed by atoms with E-state index in [4.69, 9.17) is 5.73 Å². The van der Waals surface area contributed by atoms with Gasteiger partial charge in [0, 0.05) is 18.3 Å². The molecule has 0 aliphatic heterocycles. The molecule has 0 bridgehead atoms. The van der Waals surface area contributed by atoms with Gasteiger partial charge in [-0.15, -0.1) is 0 Å². The van der Waals surface area contributed by atoms with Gasteiger partial charge in [0.2, 0.25) is 0 Å². The molecule has 104 valence electrons. The summed E-state index contributed by atoms with van der Waals surface area (Å²) in [5.41, 5.74) is 10.4. The molecule has 2 aromatic heterocycles. The number of nitrogens with two attached hydrogens (primary N) is 1. The van der Waals surface area contributed by atoms with Crippen LogP contribution in [0.4, 0.5) is 0 Å². The topological polar surface area (TPSA) is 64.7 Å². The minimum atomic E-state index is 0.376. The Morgan fingerprint density at radius 1 is 0.952 bits per heavy atom. The largest absolute Gasteiger partial charge is 0.325 e. The molecule has 0 saturated carbocycles. The minimum Gasteiger partial charge on any atom is -0.325 e. The van der Waals surface area contributed by atoms with E-state index in [1.165, 1.54) is 0 Å². The Morgan fingerprint density at radius 3 is 2.48 bits per heavy atom. The second-order valence-electron chi connectivity index (χ2n) is 4.80. The Hall–Kier alpha value is -2.59. The molecule has 0 radical (unpaired) electrons. The normalized spacial score (nSPS) is 10.6. The number of benzene rings is 1. The molecule has 2 N–H and O–H groups in total. The summed E-state index contributed by atoms with van der Waals surface area (Å²) in [5, 5.41) is 0. The van der Waals surface area contributed by atoms with Crippen molar-refractivity contribution in [2.75, 3.05) is 0 Å². The zero-order valence-corrected chi connectivity index (χ0v) is 11.8. The molecule has 3 rings (SSSR count). The number of nitrogens with zero attached hydrogens (tertiary/aromatic N) is 3. The van der Waals surface area contributed by atoms with E-state index in [1.807, 2.05) is 55.5 Å². The Morgan fingerprint density at radius 2 is 1.76 bits per heavy atom. The number of hydrogen-bond acceptors (Lipinski definition) is 4. The van der Waals surface area contributed by atoms with Crippen molar-refractivity contribution in [3.63, 3.8) is 0 Å². The standard InChI is InChI=1S/C17H16N4/c1-12-6-2-3-7-14(12)17-20-13(11-18)10-16(21-17)15-8-4-5-9-19-15/h2-10H,11,18H2,1H3. The van der Waals surface area contributed by atoms with Gasteiger partial charge in [0.25, 0.3) is 0 Å². The molecule has 0 aliphatic carbocycles. The summed E-state index contributed by atoms with van der Waals surface area (Å²) in [5.74, 6) is 0.691. The maximum atomic E-state index is 5.77. The third kappa shape index (κ3) is 2.80. The summed E-state index contributed by atoms with van der Waals surface area (Å²) in [4.78, 5) is 13.5. The van der Waals surface area contributed by atoms with Crippen LogP contribution in [0, 0.1) is 6.92 Å². The van der Waals surface area contributed by atoms with E-state index >= 15 is 0 Å².